The smallest absolute Gasteiger partial charge is 0.328 e. The zero-order chi connectivity index (χ0) is 20.1. The number of rotatable bonds is 6. The number of nitrogens with zero attached hydrogens (tertiary/aromatic N) is 2. The van der Waals surface area contributed by atoms with Gasteiger partial charge in [-0.1, -0.05) is 30.3 Å². The highest BCUT2D eigenvalue weighted by atomic mass is 16.2. The molecule has 0 spiro atoms. The highest BCUT2D eigenvalue weighted by molar-refractivity contribution is 5.93. The van der Waals surface area contributed by atoms with Crippen molar-refractivity contribution < 1.29 is 4.79 Å². The number of nitrogens with one attached hydrogen (secondary N) is 2. The number of benzene rings is 2. The summed E-state index contributed by atoms with van der Waals surface area (Å²) >= 11 is 0. The summed E-state index contributed by atoms with van der Waals surface area (Å²) in [5.74, 6) is -0.527. The van der Waals surface area contributed by atoms with Crippen LogP contribution in [-0.4, -0.2) is 22.0 Å². The van der Waals surface area contributed by atoms with Crippen molar-refractivity contribution in [3.8, 4) is 0 Å². The first-order valence-corrected chi connectivity index (χ1v) is 8.99. The van der Waals surface area contributed by atoms with Gasteiger partial charge in [0.15, 0.2) is 0 Å². The summed E-state index contributed by atoms with van der Waals surface area (Å²) in [5.41, 5.74) is 1.72. The first-order chi connectivity index (χ1) is 13.5. The van der Waals surface area contributed by atoms with E-state index in [1.54, 1.807) is 0 Å². The molecule has 2 N–H and O–H groups in total. The summed E-state index contributed by atoms with van der Waals surface area (Å²) in [6.07, 6.45) is 1.23. The molecule has 0 saturated carbocycles. The summed E-state index contributed by atoms with van der Waals surface area (Å²) < 4.78 is 1.16. The van der Waals surface area contributed by atoms with Crippen molar-refractivity contribution in [2.24, 2.45) is 7.05 Å². The second-order valence-electron chi connectivity index (χ2n) is 6.34. The maximum absolute atomic E-state index is 12.3. The number of aromatic amines is 1. The number of aromatic nitrogens is 2. The van der Waals surface area contributed by atoms with E-state index >= 15 is 0 Å². The normalized spacial score (nSPS) is 10.5. The van der Waals surface area contributed by atoms with E-state index in [1.807, 2.05) is 42.5 Å². The minimum absolute atomic E-state index is 0.0973. The van der Waals surface area contributed by atoms with Crippen molar-refractivity contribution in [1.29, 1.82) is 0 Å². The minimum Gasteiger partial charge on any atom is -0.348 e. The van der Waals surface area contributed by atoms with Gasteiger partial charge in [-0.25, -0.2) is 4.79 Å². The van der Waals surface area contributed by atoms with E-state index in [0.29, 0.717) is 0 Å². The molecule has 0 aliphatic carbocycles. The van der Waals surface area contributed by atoms with Crippen molar-refractivity contribution >= 4 is 17.3 Å². The van der Waals surface area contributed by atoms with Gasteiger partial charge >= 0.3 is 5.69 Å². The van der Waals surface area contributed by atoms with Gasteiger partial charge in [0.05, 0.1) is 0 Å². The number of hydrogen-bond donors (Lipinski definition) is 2. The molecule has 28 heavy (non-hydrogen) atoms. The van der Waals surface area contributed by atoms with E-state index in [4.69, 9.17) is 0 Å². The number of para-hydroxylation sites is 1. The maximum atomic E-state index is 12.3. The third kappa shape index (κ3) is 4.20. The van der Waals surface area contributed by atoms with Crippen LogP contribution in [0.5, 0.6) is 0 Å². The van der Waals surface area contributed by atoms with Crippen LogP contribution >= 0.6 is 0 Å². The third-order valence-electron chi connectivity index (χ3n) is 4.44. The quantitative estimate of drug-likeness (QED) is 0.688. The fraction of sp³-hybridized carbons (Fsp3) is 0.190. The molecule has 0 radical (unpaired) electrons. The summed E-state index contributed by atoms with van der Waals surface area (Å²) in [4.78, 5) is 39.7. The van der Waals surface area contributed by atoms with Crippen molar-refractivity contribution in [3.63, 3.8) is 0 Å². The summed E-state index contributed by atoms with van der Waals surface area (Å²) in [5, 5.41) is 2.71. The number of carbonyl (C=O) groups is 1. The molecule has 0 unspecified atom stereocenters. The zero-order valence-corrected chi connectivity index (χ0v) is 15.8. The van der Waals surface area contributed by atoms with Gasteiger partial charge in [-0.2, -0.15) is 0 Å². The molecule has 7 heteroatoms. The van der Waals surface area contributed by atoms with E-state index in [2.05, 4.69) is 34.3 Å². The maximum Gasteiger partial charge on any atom is 0.328 e. The van der Waals surface area contributed by atoms with Crippen LogP contribution in [0.15, 0.2) is 70.4 Å². The van der Waals surface area contributed by atoms with Crippen molar-refractivity contribution in [3.05, 3.63) is 92.8 Å². The van der Waals surface area contributed by atoms with E-state index in [0.717, 1.165) is 28.1 Å². The second-order valence-corrected chi connectivity index (χ2v) is 6.34. The molecule has 3 aromatic rings. The van der Waals surface area contributed by atoms with Gasteiger partial charge in [-0.3, -0.25) is 14.6 Å². The molecule has 0 saturated heterocycles. The van der Waals surface area contributed by atoms with Gasteiger partial charge in [-0.15, -0.1) is 0 Å². The first kappa shape index (κ1) is 19.2. The molecule has 0 bridgehead atoms. The lowest BCUT2D eigenvalue weighted by atomic mass is 10.1. The Balaban J connectivity index is 1.69. The standard InChI is InChI=1S/C21H22N4O3/c1-3-25(16-7-5-4-6-8-16)17-11-9-15(10-12-17)13-22-19(26)18-14-24(2)21(28)23-20(18)27/h4-12,14H,3,13H2,1-2H3,(H,22,26)(H,23,27,28). The Morgan fingerprint density at radius 2 is 1.68 bits per heavy atom. The van der Waals surface area contributed by atoms with Crippen molar-refractivity contribution in [1.82, 2.24) is 14.9 Å². The van der Waals surface area contributed by atoms with E-state index in [9.17, 15) is 14.4 Å². The number of H-pyrrole nitrogens is 1. The Morgan fingerprint density at radius 1 is 1.04 bits per heavy atom. The minimum atomic E-state index is -0.697. The lowest BCUT2D eigenvalue weighted by molar-refractivity contribution is 0.0948. The monoisotopic (exact) mass is 378 g/mol. The molecule has 2 aromatic carbocycles. The summed E-state index contributed by atoms with van der Waals surface area (Å²) in [7, 11) is 1.47. The Labute approximate surface area is 162 Å². The SMILES string of the molecule is CCN(c1ccccc1)c1ccc(CNC(=O)c2cn(C)c(=O)[nH]c2=O)cc1. The van der Waals surface area contributed by atoms with E-state index in [-0.39, 0.29) is 12.1 Å². The largest absolute Gasteiger partial charge is 0.348 e. The number of aryl methyl sites for hydroxylation is 1. The van der Waals surface area contributed by atoms with Crippen LogP contribution in [0.25, 0.3) is 0 Å². The molecule has 7 nitrogen and oxygen atoms in total. The van der Waals surface area contributed by atoms with Gasteiger partial charge in [0.2, 0.25) is 0 Å². The summed E-state index contributed by atoms with van der Waals surface area (Å²) in [6.45, 7) is 3.19. The molecule has 1 heterocycles. The topological polar surface area (TPSA) is 87.2 Å². The van der Waals surface area contributed by atoms with E-state index < -0.39 is 17.2 Å². The fourth-order valence-corrected chi connectivity index (χ4v) is 2.92. The third-order valence-corrected chi connectivity index (χ3v) is 4.44. The zero-order valence-electron chi connectivity index (χ0n) is 15.8. The molecule has 1 aromatic heterocycles. The number of hydrogen-bond acceptors (Lipinski definition) is 4. The second kappa shape index (κ2) is 8.39. The molecule has 1 amide bonds. The highest BCUT2D eigenvalue weighted by Crippen LogP contribution is 2.24. The van der Waals surface area contributed by atoms with Crippen LogP contribution in [0.3, 0.4) is 0 Å². The average molecular weight is 378 g/mol. The first-order valence-electron chi connectivity index (χ1n) is 8.99. The molecule has 0 aliphatic heterocycles. The van der Waals surface area contributed by atoms with Crippen LogP contribution in [-0.2, 0) is 13.6 Å². The molecule has 3 rings (SSSR count). The number of anilines is 2. The van der Waals surface area contributed by atoms with Crippen LogP contribution < -0.4 is 21.5 Å². The fourth-order valence-electron chi connectivity index (χ4n) is 2.92. The number of carbonyl (C=O) groups excluding carboxylic acids is 1. The predicted molar refractivity (Wildman–Crippen MR) is 109 cm³/mol. The van der Waals surface area contributed by atoms with Crippen molar-refractivity contribution in [2.75, 3.05) is 11.4 Å². The molecular formula is C21H22N4O3. The summed E-state index contributed by atoms with van der Waals surface area (Å²) in [6, 6.07) is 18.0. The molecule has 144 valence electrons. The Hall–Kier alpha value is -3.61. The molecule has 0 atom stereocenters. The van der Waals surface area contributed by atoms with Gasteiger partial charge in [0, 0.05) is 37.7 Å². The Kier molecular flexibility index (Phi) is 5.74. The predicted octanol–water partition coefficient (Wildman–Crippen LogP) is 2.16. The van der Waals surface area contributed by atoms with Crippen LogP contribution in [0.2, 0.25) is 0 Å². The average Bonchev–Trinajstić information content (AvgIpc) is 2.71. The van der Waals surface area contributed by atoms with Gasteiger partial charge in [0.1, 0.15) is 5.56 Å². The van der Waals surface area contributed by atoms with Crippen LogP contribution in [0.4, 0.5) is 11.4 Å². The highest BCUT2D eigenvalue weighted by Gasteiger charge is 2.12. The van der Waals surface area contributed by atoms with Gasteiger partial charge in [-0.05, 0) is 36.8 Å². The molecule has 0 fully saturated rings. The van der Waals surface area contributed by atoms with Crippen molar-refractivity contribution in [2.45, 2.75) is 13.5 Å². The van der Waals surface area contributed by atoms with Crippen LogP contribution in [0.1, 0.15) is 22.8 Å². The molecular weight excluding hydrogens is 356 g/mol. The van der Waals surface area contributed by atoms with Gasteiger partial charge < -0.3 is 14.8 Å². The molecule has 0 aliphatic rings. The van der Waals surface area contributed by atoms with Crippen LogP contribution in [0, 0.1) is 0 Å². The number of amides is 1. The van der Waals surface area contributed by atoms with Gasteiger partial charge in [0.25, 0.3) is 11.5 Å². The Bertz CT molecular complexity index is 1070. The van der Waals surface area contributed by atoms with E-state index in [1.165, 1.54) is 13.2 Å². The lowest BCUT2D eigenvalue weighted by Gasteiger charge is -2.23. The Morgan fingerprint density at radius 3 is 2.32 bits per heavy atom. The lowest BCUT2D eigenvalue weighted by Crippen LogP contribution is -2.35.